The number of ether oxygens (including phenoxy) is 1. The van der Waals surface area contributed by atoms with Crippen molar-refractivity contribution in [3.8, 4) is 0 Å². The van der Waals surface area contributed by atoms with E-state index in [1.807, 2.05) is 0 Å². The van der Waals surface area contributed by atoms with Crippen molar-refractivity contribution in [1.29, 1.82) is 0 Å². The summed E-state index contributed by atoms with van der Waals surface area (Å²) in [6.07, 6.45) is 1.32. The number of hydrogen-bond donors (Lipinski definition) is 1. The predicted molar refractivity (Wildman–Crippen MR) is 79.3 cm³/mol. The standard InChI is InChI=1S/C14H14FN3O5S/c15-9-3-5-10(6-4-9)24(20,21)8-12(19)16-14-18-17-13(23-14)11-2-1-7-22-11/h3-6,11H,1-2,7-8H2,(H,16,18,19). The first-order valence-corrected chi connectivity index (χ1v) is 8.82. The Kier molecular flexibility index (Phi) is 4.58. The van der Waals surface area contributed by atoms with E-state index in [4.69, 9.17) is 9.15 Å². The maximum absolute atomic E-state index is 12.8. The third-order valence-corrected chi connectivity index (χ3v) is 5.02. The largest absolute Gasteiger partial charge is 0.405 e. The van der Waals surface area contributed by atoms with Gasteiger partial charge in [0.05, 0.1) is 4.90 Å². The molecule has 1 N–H and O–H groups in total. The van der Waals surface area contributed by atoms with Crippen LogP contribution in [0.25, 0.3) is 0 Å². The summed E-state index contributed by atoms with van der Waals surface area (Å²) in [5, 5.41) is 9.65. The van der Waals surface area contributed by atoms with Crippen LogP contribution in [0.3, 0.4) is 0 Å². The van der Waals surface area contributed by atoms with E-state index < -0.39 is 27.3 Å². The van der Waals surface area contributed by atoms with Crippen LogP contribution >= 0.6 is 0 Å². The summed E-state index contributed by atoms with van der Waals surface area (Å²) in [4.78, 5) is 11.7. The Hall–Kier alpha value is -2.33. The number of benzene rings is 1. The molecule has 2 heterocycles. The zero-order valence-electron chi connectivity index (χ0n) is 12.4. The summed E-state index contributed by atoms with van der Waals surface area (Å²) >= 11 is 0. The fourth-order valence-electron chi connectivity index (χ4n) is 2.24. The number of amides is 1. The van der Waals surface area contributed by atoms with Gasteiger partial charge >= 0.3 is 6.01 Å². The summed E-state index contributed by atoms with van der Waals surface area (Å²) in [5.41, 5.74) is 0. The Morgan fingerprint density at radius 2 is 2.04 bits per heavy atom. The van der Waals surface area contributed by atoms with Crippen molar-refractivity contribution in [2.24, 2.45) is 0 Å². The van der Waals surface area contributed by atoms with Gasteiger partial charge in [-0.1, -0.05) is 5.10 Å². The molecule has 128 valence electrons. The molecule has 1 unspecified atom stereocenters. The maximum Gasteiger partial charge on any atom is 0.322 e. The average Bonchev–Trinajstić information content (AvgIpc) is 3.17. The van der Waals surface area contributed by atoms with Crippen LogP contribution in [-0.4, -0.2) is 36.9 Å². The van der Waals surface area contributed by atoms with E-state index in [0.29, 0.717) is 6.61 Å². The van der Waals surface area contributed by atoms with Crippen molar-refractivity contribution in [1.82, 2.24) is 10.2 Å². The molecule has 10 heteroatoms. The lowest BCUT2D eigenvalue weighted by molar-refractivity contribution is -0.114. The number of sulfone groups is 1. The molecule has 1 fully saturated rings. The molecule has 0 spiro atoms. The van der Waals surface area contributed by atoms with Crippen molar-refractivity contribution in [3.05, 3.63) is 36.0 Å². The van der Waals surface area contributed by atoms with E-state index in [0.717, 1.165) is 37.1 Å². The van der Waals surface area contributed by atoms with Crippen LogP contribution in [0.4, 0.5) is 10.4 Å². The third kappa shape index (κ3) is 3.77. The summed E-state index contributed by atoms with van der Waals surface area (Å²) in [7, 11) is -3.90. The molecule has 1 amide bonds. The first kappa shape index (κ1) is 16.5. The Morgan fingerprint density at radius 3 is 2.71 bits per heavy atom. The molecule has 1 aromatic carbocycles. The molecule has 2 aromatic rings. The average molecular weight is 355 g/mol. The van der Waals surface area contributed by atoms with E-state index in [1.165, 1.54) is 0 Å². The molecule has 0 saturated carbocycles. The second-order valence-corrected chi connectivity index (χ2v) is 7.20. The van der Waals surface area contributed by atoms with Gasteiger partial charge in [0, 0.05) is 6.61 Å². The molecular weight excluding hydrogens is 341 g/mol. The smallest absolute Gasteiger partial charge is 0.322 e. The van der Waals surface area contributed by atoms with Crippen LogP contribution in [0, 0.1) is 5.82 Å². The fraction of sp³-hybridized carbons (Fsp3) is 0.357. The number of carbonyl (C=O) groups excluding carboxylic acids is 1. The molecule has 24 heavy (non-hydrogen) atoms. The Balaban J connectivity index is 1.63. The molecule has 0 radical (unpaired) electrons. The van der Waals surface area contributed by atoms with Gasteiger partial charge in [-0.15, -0.1) is 5.10 Å². The minimum Gasteiger partial charge on any atom is -0.405 e. The van der Waals surface area contributed by atoms with Crippen molar-refractivity contribution in [3.63, 3.8) is 0 Å². The lowest BCUT2D eigenvalue weighted by atomic mass is 10.2. The molecule has 0 bridgehead atoms. The van der Waals surface area contributed by atoms with Crippen molar-refractivity contribution >= 4 is 21.8 Å². The van der Waals surface area contributed by atoms with Crippen molar-refractivity contribution < 1.29 is 26.8 Å². The van der Waals surface area contributed by atoms with Crippen LogP contribution in [0.5, 0.6) is 0 Å². The molecular formula is C14H14FN3O5S. The van der Waals surface area contributed by atoms with Gasteiger partial charge in [0.15, 0.2) is 9.84 Å². The van der Waals surface area contributed by atoms with Gasteiger partial charge in [-0.25, -0.2) is 12.8 Å². The SMILES string of the molecule is O=C(CS(=O)(=O)c1ccc(F)cc1)Nc1nnc(C2CCCO2)o1. The van der Waals surface area contributed by atoms with Gasteiger partial charge in [-0.05, 0) is 37.1 Å². The monoisotopic (exact) mass is 355 g/mol. The highest BCUT2D eigenvalue weighted by Crippen LogP contribution is 2.28. The molecule has 1 atom stereocenters. The fourth-order valence-corrected chi connectivity index (χ4v) is 3.38. The normalized spacial score (nSPS) is 17.8. The first-order valence-electron chi connectivity index (χ1n) is 7.17. The second-order valence-electron chi connectivity index (χ2n) is 5.21. The minimum atomic E-state index is -3.90. The highest BCUT2D eigenvalue weighted by Gasteiger charge is 2.25. The van der Waals surface area contributed by atoms with Crippen molar-refractivity contribution in [2.45, 2.75) is 23.8 Å². The molecule has 1 aromatic heterocycles. The topological polar surface area (TPSA) is 111 Å². The lowest BCUT2D eigenvalue weighted by Gasteiger charge is -2.04. The zero-order valence-corrected chi connectivity index (χ0v) is 13.3. The predicted octanol–water partition coefficient (Wildman–Crippen LogP) is 1.47. The summed E-state index contributed by atoms with van der Waals surface area (Å²) < 4.78 is 47.6. The Bertz CT molecular complexity index is 828. The Morgan fingerprint density at radius 1 is 1.29 bits per heavy atom. The lowest BCUT2D eigenvalue weighted by Crippen LogP contribution is -2.23. The summed E-state index contributed by atoms with van der Waals surface area (Å²) in [5.74, 6) is -1.98. The number of halogens is 1. The van der Waals surface area contributed by atoms with Crippen LogP contribution in [0.15, 0.2) is 33.6 Å². The van der Waals surface area contributed by atoms with Gasteiger partial charge in [0.25, 0.3) is 0 Å². The highest BCUT2D eigenvalue weighted by molar-refractivity contribution is 7.92. The van der Waals surface area contributed by atoms with Crippen LogP contribution in [0.1, 0.15) is 24.8 Å². The van der Waals surface area contributed by atoms with E-state index in [9.17, 15) is 17.6 Å². The number of rotatable bonds is 5. The molecule has 1 aliphatic rings. The van der Waals surface area contributed by atoms with Gasteiger partial charge in [0.1, 0.15) is 17.7 Å². The van der Waals surface area contributed by atoms with Gasteiger partial charge in [-0.3, -0.25) is 10.1 Å². The quantitative estimate of drug-likeness (QED) is 0.808. The second kappa shape index (κ2) is 6.65. The number of anilines is 1. The third-order valence-electron chi connectivity index (χ3n) is 3.39. The van der Waals surface area contributed by atoms with Gasteiger partial charge in [0.2, 0.25) is 11.8 Å². The summed E-state index contributed by atoms with van der Waals surface area (Å²) in [6, 6.07) is 4.02. The molecule has 8 nitrogen and oxygen atoms in total. The zero-order chi connectivity index (χ0) is 17.2. The minimum absolute atomic E-state index is 0.148. The number of hydrogen-bond acceptors (Lipinski definition) is 7. The van der Waals surface area contributed by atoms with E-state index >= 15 is 0 Å². The van der Waals surface area contributed by atoms with Crippen LogP contribution < -0.4 is 5.32 Å². The van der Waals surface area contributed by atoms with Crippen LogP contribution in [-0.2, 0) is 19.4 Å². The number of carbonyl (C=O) groups is 1. The molecule has 1 saturated heterocycles. The molecule has 0 aliphatic carbocycles. The maximum atomic E-state index is 12.8. The van der Waals surface area contributed by atoms with E-state index in [2.05, 4.69) is 15.5 Å². The number of nitrogens with zero attached hydrogens (tertiary/aromatic N) is 2. The number of aromatic nitrogens is 2. The van der Waals surface area contributed by atoms with Crippen molar-refractivity contribution in [2.75, 3.05) is 17.7 Å². The summed E-state index contributed by atoms with van der Waals surface area (Å²) in [6.45, 7) is 0.602. The van der Waals surface area contributed by atoms with Crippen LogP contribution in [0.2, 0.25) is 0 Å². The van der Waals surface area contributed by atoms with Gasteiger partial charge < -0.3 is 9.15 Å². The van der Waals surface area contributed by atoms with Gasteiger partial charge in [-0.2, -0.15) is 0 Å². The number of nitrogens with one attached hydrogen (secondary N) is 1. The Labute approximate surface area is 136 Å². The molecule has 1 aliphatic heterocycles. The van der Waals surface area contributed by atoms with E-state index in [-0.39, 0.29) is 22.9 Å². The first-order chi connectivity index (χ1) is 11.4. The highest BCUT2D eigenvalue weighted by atomic mass is 32.2. The molecule has 3 rings (SSSR count). The van der Waals surface area contributed by atoms with E-state index in [1.54, 1.807) is 0 Å².